The van der Waals surface area contributed by atoms with Crippen molar-refractivity contribution in [2.75, 3.05) is 13.7 Å². The van der Waals surface area contributed by atoms with Gasteiger partial charge >= 0.3 is 5.97 Å². The van der Waals surface area contributed by atoms with Gasteiger partial charge in [0.1, 0.15) is 5.25 Å². The van der Waals surface area contributed by atoms with E-state index in [1.807, 2.05) is 37.3 Å². The summed E-state index contributed by atoms with van der Waals surface area (Å²) in [5.41, 5.74) is 0.853. The van der Waals surface area contributed by atoms with Gasteiger partial charge in [0.25, 0.3) is 0 Å². The normalized spacial score (nSPS) is 11.6. The minimum Gasteiger partial charge on any atom is -0.479 e. The molecule has 92 valence electrons. The molecule has 0 saturated carbocycles. The van der Waals surface area contributed by atoms with Crippen molar-refractivity contribution < 1.29 is 14.3 Å². The fourth-order valence-corrected chi connectivity index (χ4v) is 2.51. The van der Waals surface area contributed by atoms with Gasteiger partial charge in [-0.3, -0.25) is 4.79 Å². The smallest absolute Gasteiger partial charge is 0.323 e. The molecule has 0 N–H and O–H groups in total. The van der Waals surface area contributed by atoms with Gasteiger partial charge in [0.05, 0.1) is 13.7 Å². The standard InChI is InChI=1S/C12H14O3S2/c1-3-15-12(16)17-10(11(13)14-2)9-7-5-4-6-8-9/h4-8,10H,3H2,1-2H3. The summed E-state index contributed by atoms with van der Waals surface area (Å²) in [4.78, 5) is 11.7. The first-order valence-corrected chi connectivity index (χ1v) is 6.44. The quantitative estimate of drug-likeness (QED) is 0.621. The molecule has 0 saturated heterocycles. The number of methoxy groups -OCH3 is 1. The Morgan fingerprint density at radius 2 is 2.06 bits per heavy atom. The topological polar surface area (TPSA) is 35.5 Å². The van der Waals surface area contributed by atoms with E-state index in [1.54, 1.807) is 0 Å². The van der Waals surface area contributed by atoms with Crippen molar-refractivity contribution in [1.82, 2.24) is 0 Å². The number of hydrogen-bond acceptors (Lipinski definition) is 5. The zero-order valence-electron chi connectivity index (χ0n) is 9.71. The third kappa shape index (κ3) is 4.36. The third-order valence-electron chi connectivity index (χ3n) is 1.99. The number of thiocarbonyl (C=S) groups is 1. The molecule has 0 aliphatic carbocycles. The highest BCUT2D eigenvalue weighted by molar-refractivity contribution is 8.23. The zero-order chi connectivity index (χ0) is 12.7. The lowest BCUT2D eigenvalue weighted by molar-refractivity contribution is -0.140. The molecule has 0 fully saturated rings. The molecule has 0 aliphatic rings. The van der Waals surface area contributed by atoms with Crippen molar-refractivity contribution in [3.63, 3.8) is 0 Å². The first kappa shape index (κ1) is 14.0. The van der Waals surface area contributed by atoms with E-state index in [2.05, 4.69) is 0 Å². The Bertz CT molecular complexity index is 379. The maximum absolute atomic E-state index is 11.7. The Balaban J connectivity index is 2.82. The fraction of sp³-hybridized carbons (Fsp3) is 0.333. The number of esters is 1. The van der Waals surface area contributed by atoms with Crippen LogP contribution in [-0.4, -0.2) is 24.1 Å². The van der Waals surface area contributed by atoms with E-state index in [4.69, 9.17) is 21.7 Å². The SMILES string of the molecule is CCOC(=S)SC(C(=O)OC)c1ccccc1. The number of ether oxygens (including phenoxy) is 2. The largest absolute Gasteiger partial charge is 0.479 e. The molecule has 5 heteroatoms. The maximum Gasteiger partial charge on any atom is 0.323 e. The van der Waals surface area contributed by atoms with Crippen LogP contribution in [0.5, 0.6) is 0 Å². The first-order chi connectivity index (χ1) is 8.19. The molecule has 0 radical (unpaired) electrons. The van der Waals surface area contributed by atoms with Crippen molar-refractivity contribution in [3.8, 4) is 0 Å². The molecule has 1 rings (SSSR count). The second kappa shape index (κ2) is 7.29. The molecule has 17 heavy (non-hydrogen) atoms. The van der Waals surface area contributed by atoms with Crippen molar-refractivity contribution in [3.05, 3.63) is 35.9 Å². The summed E-state index contributed by atoms with van der Waals surface area (Å²) in [6, 6.07) is 9.36. The lowest BCUT2D eigenvalue weighted by Gasteiger charge is -2.14. The Morgan fingerprint density at radius 3 is 2.59 bits per heavy atom. The molecule has 0 spiro atoms. The van der Waals surface area contributed by atoms with E-state index in [-0.39, 0.29) is 5.97 Å². The lowest BCUT2D eigenvalue weighted by Crippen LogP contribution is -2.13. The van der Waals surface area contributed by atoms with Gasteiger partial charge in [0.2, 0.25) is 4.38 Å². The van der Waals surface area contributed by atoms with Gasteiger partial charge in [0, 0.05) is 0 Å². The van der Waals surface area contributed by atoms with Crippen LogP contribution in [-0.2, 0) is 14.3 Å². The molecular formula is C12H14O3S2. The number of carbonyl (C=O) groups excluding carboxylic acids is 1. The highest BCUT2D eigenvalue weighted by Gasteiger charge is 2.24. The van der Waals surface area contributed by atoms with Gasteiger partial charge in [-0.15, -0.1) is 0 Å². The molecule has 1 aromatic carbocycles. The maximum atomic E-state index is 11.7. The van der Waals surface area contributed by atoms with E-state index in [1.165, 1.54) is 18.9 Å². The van der Waals surface area contributed by atoms with Crippen molar-refractivity contribution in [1.29, 1.82) is 0 Å². The van der Waals surface area contributed by atoms with Crippen LogP contribution in [0.3, 0.4) is 0 Å². The average Bonchev–Trinajstić information content (AvgIpc) is 2.36. The molecular weight excluding hydrogens is 256 g/mol. The van der Waals surface area contributed by atoms with Gasteiger partial charge < -0.3 is 9.47 Å². The Labute approximate surface area is 110 Å². The molecule has 1 atom stereocenters. The summed E-state index contributed by atoms with van der Waals surface area (Å²) in [6.45, 7) is 2.34. The van der Waals surface area contributed by atoms with Gasteiger partial charge in [-0.2, -0.15) is 0 Å². The molecule has 0 heterocycles. The average molecular weight is 270 g/mol. The minimum atomic E-state index is -0.472. The Kier molecular flexibility index (Phi) is 6.00. The summed E-state index contributed by atoms with van der Waals surface area (Å²) < 4.78 is 10.3. The summed E-state index contributed by atoms with van der Waals surface area (Å²) in [7, 11) is 1.36. The van der Waals surface area contributed by atoms with Crippen LogP contribution in [0.15, 0.2) is 30.3 Å². The summed E-state index contributed by atoms with van der Waals surface area (Å²) in [6.07, 6.45) is 0. The highest BCUT2D eigenvalue weighted by atomic mass is 32.2. The third-order valence-corrected chi connectivity index (χ3v) is 3.41. The van der Waals surface area contributed by atoms with Crippen molar-refractivity contribution in [2.45, 2.75) is 12.2 Å². The van der Waals surface area contributed by atoms with Crippen LogP contribution < -0.4 is 0 Å². The molecule has 0 aromatic heterocycles. The molecule has 1 unspecified atom stereocenters. The summed E-state index contributed by atoms with van der Waals surface area (Å²) in [5, 5.41) is -0.472. The molecule has 1 aromatic rings. The van der Waals surface area contributed by atoms with E-state index in [0.29, 0.717) is 11.0 Å². The number of carbonyl (C=O) groups is 1. The predicted molar refractivity (Wildman–Crippen MR) is 73.0 cm³/mol. The van der Waals surface area contributed by atoms with Gasteiger partial charge in [-0.25, -0.2) is 0 Å². The van der Waals surface area contributed by atoms with Crippen LogP contribution >= 0.6 is 24.0 Å². The number of thioether (sulfide) groups is 1. The monoisotopic (exact) mass is 270 g/mol. The minimum absolute atomic E-state index is 0.330. The van der Waals surface area contributed by atoms with E-state index in [0.717, 1.165) is 5.56 Å². The van der Waals surface area contributed by atoms with Crippen LogP contribution in [0.4, 0.5) is 0 Å². The fourth-order valence-electron chi connectivity index (χ4n) is 1.24. The van der Waals surface area contributed by atoms with Crippen molar-refractivity contribution in [2.24, 2.45) is 0 Å². The van der Waals surface area contributed by atoms with Crippen LogP contribution in [0.2, 0.25) is 0 Å². The highest BCUT2D eigenvalue weighted by Crippen LogP contribution is 2.31. The molecule has 0 amide bonds. The molecule has 0 bridgehead atoms. The van der Waals surface area contributed by atoms with Gasteiger partial charge in [0.15, 0.2) is 0 Å². The Morgan fingerprint density at radius 1 is 1.41 bits per heavy atom. The zero-order valence-corrected chi connectivity index (χ0v) is 11.3. The van der Waals surface area contributed by atoms with E-state index in [9.17, 15) is 4.79 Å². The first-order valence-electron chi connectivity index (χ1n) is 5.15. The molecule has 3 nitrogen and oxygen atoms in total. The second-order valence-corrected chi connectivity index (χ2v) is 4.82. The van der Waals surface area contributed by atoms with Crippen LogP contribution in [0.25, 0.3) is 0 Å². The summed E-state index contributed by atoms with van der Waals surface area (Å²) >= 11 is 6.22. The molecule has 0 aliphatic heterocycles. The number of rotatable bonds is 4. The van der Waals surface area contributed by atoms with E-state index < -0.39 is 5.25 Å². The van der Waals surface area contributed by atoms with Gasteiger partial charge in [-0.1, -0.05) is 42.1 Å². The predicted octanol–water partition coefficient (Wildman–Crippen LogP) is 2.96. The Hall–Kier alpha value is -1.07. The summed E-state index contributed by atoms with van der Waals surface area (Å²) in [5.74, 6) is -0.330. The number of benzene rings is 1. The van der Waals surface area contributed by atoms with Crippen molar-refractivity contribution >= 4 is 34.3 Å². The van der Waals surface area contributed by atoms with Crippen LogP contribution in [0, 0.1) is 0 Å². The van der Waals surface area contributed by atoms with Crippen LogP contribution in [0.1, 0.15) is 17.7 Å². The van der Waals surface area contributed by atoms with E-state index >= 15 is 0 Å². The number of hydrogen-bond donors (Lipinski definition) is 0. The van der Waals surface area contributed by atoms with Gasteiger partial charge in [-0.05, 0) is 24.7 Å². The second-order valence-electron chi connectivity index (χ2n) is 3.11. The lowest BCUT2D eigenvalue weighted by atomic mass is 10.1.